The first kappa shape index (κ1) is 10.5. The molecule has 0 aliphatic heterocycles. The van der Waals surface area contributed by atoms with E-state index in [9.17, 15) is 0 Å². The number of hydrogen-bond acceptors (Lipinski definition) is 6. The summed E-state index contributed by atoms with van der Waals surface area (Å²) in [6.07, 6.45) is 3.17. The van der Waals surface area contributed by atoms with Crippen molar-refractivity contribution < 1.29 is 9.47 Å². The molecular formula is C10H12N4O2. The summed E-state index contributed by atoms with van der Waals surface area (Å²) in [5.41, 5.74) is 1.14. The molecule has 2 aromatic rings. The van der Waals surface area contributed by atoms with E-state index in [1.165, 1.54) is 0 Å². The minimum Gasteiger partial charge on any atom is -0.475 e. The second-order valence-corrected chi connectivity index (χ2v) is 2.93. The second-order valence-electron chi connectivity index (χ2n) is 2.93. The highest BCUT2D eigenvalue weighted by atomic mass is 16.5. The highest BCUT2D eigenvalue weighted by Gasteiger charge is 2.12. The van der Waals surface area contributed by atoms with Gasteiger partial charge in [-0.25, -0.2) is 9.97 Å². The predicted molar refractivity (Wildman–Crippen MR) is 57.5 cm³/mol. The third kappa shape index (κ3) is 1.86. The Morgan fingerprint density at radius 1 is 0.875 bits per heavy atom. The summed E-state index contributed by atoms with van der Waals surface area (Å²) < 4.78 is 10.6. The van der Waals surface area contributed by atoms with Crippen LogP contribution in [-0.4, -0.2) is 33.4 Å². The van der Waals surface area contributed by atoms with Gasteiger partial charge in [0.25, 0.3) is 11.8 Å². The third-order valence-electron chi connectivity index (χ3n) is 1.90. The molecule has 2 heterocycles. The number of aromatic nitrogens is 4. The summed E-state index contributed by atoms with van der Waals surface area (Å²) >= 11 is 0. The number of rotatable bonds is 4. The maximum absolute atomic E-state index is 5.32. The Hall–Kier alpha value is -1.98. The Kier molecular flexibility index (Phi) is 3.09. The fraction of sp³-hybridized carbons (Fsp3) is 0.400. The van der Waals surface area contributed by atoms with Gasteiger partial charge in [0.05, 0.1) is 13.2 Å². The minimum absolute atomic E-state index is 0.383. The van der Waals surface area contributed by atoms with Gasteiger partial charge < -0.3 is 9.47 Å². The molecule has 0 N–H and O–H groups in total. The number of nitrogens with zero attached hydrogens (tertiary/aromatic N) is 4. The molecule has 6 nitrogen and oxygen atoms in total. The second kappa shape index (κ2) is 4.69. The summed E-state index contributed by atoms with van der Waals surface area (Å²) in [7, 11) is 0. The molecule has 6 heteroatoms. The van der Waals surface area contributed by atoms with E-state index >= 15 is 0 Å². The molecule has 0 aliphatic rings. The number of ether oxygens (including phenoxy) is 2. The van der Waals surface area contributed by atoms with Gasteiger partial charge in [-0.15, -0.1) is 10.2 Å². The lowest BCUT2D eigenvalue weighted by molar-refractivity contribution is 0.308. The van der Waals surface area contributed by atoms with Crippen LogP contribution in [0.25, 0.3) is 11.0 Å². The molecule has 0 saturated heterocycles. The Balaban J connectivity index is 2.57. The van der Waals surface area contributed by atoms with E-state index in [0.717, 1.165) is 0 Å². The van der Waals surface area contributed by atoms with Crippen molar-refractivity contribution in [1.82, 2.24) is 20.2 Å². The van der Waals surface area contributed by atoms with Crippen molar-refractivity contribution >= 4 is 11.0 Å². The van der Waals surface area contributed by atoms with Gasteiger partial charge in [0, 0.05) is 12.4 Å². The van der Waals surface area contributed by atoms with Crippen LogP contribution >= 0.6 is 0 Å². The van der Waals surface area contributed by atoms with Crippen molar-refractivity contribution in [3.05, 3.63) is 12.4 Å². The highest BCUT2D eigenvalue weighted by Crippen LogP contribution is 2.24. The van der Waals surface area contributed by atoms with E-state index in [1.54, 1.807) is 12.4 Å². The summed E-state index contributed by atoms with van der Waals surface area (Å²) in [6, 6.07) is 0. The van der Waals surface area contributed by atoms with Crippen molar-refractivity contribution in [1.29, 1.82) is 0 Å². The monoisotopic (exact) mass is 220 g/mol. The van der Waals surface area contributed by atoms with E-state index < -0.39 is 0 Å². The molecule has 0 amide bonds. The first-order valence-corrected chi connectivity index (χ1v) is 5.09. The molecular weight excluding hydrogens is 208 g/mol. The molecule has 0 unspecified atom stereocenters. The summed E-state index contributed by atoms with van der Waals surface area (Å²) in [5.74, 6) is 0.767. The third-order valence-corrected chi connectivity index (χ3v) is 1.90. The predicted octanol–water partition coefficient (Wildman–Crippen LogP) is 1.22. The van der Waals surface area contributed by atoms with Crippen molar-refractivity contribution in [2.24, 2.45) is 0 Å². The molecule has 16 heavy (non-hydrogen) atoms. The van der Waals surface area contributed by atoms with Crippen LogP contribution in [-0.2, 0) is 0 Å². The van der Waals surface area contributed by atoms with Crippen LogP contribution in [0.3, 0.4) is 0 Å². The average Bonchev–Trinajstić information content (AvgIpc) is 2.33. The van der Waals surface area contributed by atoms with Crippen molar-refractivity contribution in [3.63, 3.8) is 0 Å². The lowest BCUT2D eigenvalue weighted by atomic mass is 10.4. The molecule has 0 spiro atoms. The van der Waals surface area contributed by atoms with Crippen LogP contribution in [0.1, 0.15) is 13.8 Å². The fourth-order valence-corrected chi connectivity index (χ4v) is 1.30. The summed E-state index contributed by atoms with van der Waals surface area (Å²) in [4.78, 5) is 8.35. The molecule has 2 aromatic heterocycles. The van der Waals surface area contributed by atoms with Crippen LogP contribution < -0.4 is 9.47 Å². The SMILES string of the molecule is CCOc1nnc(OCC)c2nccnc12. The van der Waals surface area contributed by atoms with Crippen molar-refractivity contribution in [2.75, 3.05) is 13.2 Å². The van der Waals surface area contributed by atoms with Crippen LogP contribution in [0, 0.1) is 0 Å². The summed E-state index contributed by atoms with van der Waals surface area (Å²) in [6.45, 7) is 4.77. The maximum Gasteiger partial charge on any atom is 0.262 e. The largest absolute Gasteiger partial charge is 0.475 e. The standard InChI is InChI=1S/C10H12N4O2/c1-3-15-9-7-8(12-6-5-11-7)10(14-13-9)16-4-2/h5-6H,3-4H2,1-2H3. The molecule has 0 saturated carbocycles. The molecule has 0 bridgehead atoms. The van der Waals surface area contributed by atoms with Gasteiger partial charge in [0.2, 0.25) is 0 Å². The molecule has 0 fully saturated rings. The van der Waals surface area contributed by atoms with E-state index in [0.29, 0.717) is 36.0 Å². The van der Waals surface area contributed by atoms with E-state index in [1.807, 2.05) is 13.8 Å². The van der Waals surface area contributed by atoms with E-state index in [-0.39, 0.29) is 0 Å². The Morgan fingerprint density at radius 2 is 1.31 bits per heavy atom. The lowest BCUT2D eigenvalue weighted by Crippen LogP contribution is -2.03. The normalized spacial score (nSPS) is 10.4. The van der Waals surface area contributed by atoms with Gasteiger partial charge in [-0.2, -0.15) is 0 Å². The Labute approximate surface area is 92.6 Å². The Morgan fingerprint density at radius 3 is 1.69 bits per heavy atom. The van der Waals surface area contributed by atoms with Crippen LogP contribution in [0.2, 0.25) is 0 Å². The molecule has 0 radical (unpaired) electrons. The molecule has 0 atom stereocenters. The van der Waals surface area contributed by atoms with Gasteiger partial charge in [-0.3, -0.25) is 0 Å². The smallest absolute Gasteiger partial charge is 0.262 e. The van der Waals surface area contributed by atoms with Gasteiger partial charge in [0.15, 0.2) is 11.0 Å². The molecule has 2 rings (SSSR count). The van der Waals surface area contributed by atoms with Crippen molar-refractivity contribution in [3.8, 4) is 11.8 Å². The number of hydrogen-bond donors (Lipinski definition) is 0. The van der Waals surface area contributed by atoms with E-state index in [2.05, 4.69) is 20.2 Å². The summed E-state index contributed by atoms with van der Waals surface area (Å²) in [5, 5.41) is 7.83. The molecule has 0 aromatic carbocycles. The first-order valence-electron chi connectivity index (χ1n) is 5.09. The number of fused-ring (bicyclic) bond motifs is 1. The zero-order valence-corrected chi connectivity index (χ0v) is 9.17. The quantitative estimate of drug-likeness (QED) is 0.771. The first-order chi connectivity index (χ1) is 7.86. The average molecular weight is 220 g/mol. The van der Waals surface area contributed by atoms with E-state index in [4.69, 9.17) is 9.47 Å². The Bertz CT molecular complexity index is 445. The molecule has 84 valence electrons. The van der Waals surface area contributed by atoms with Crippen LogP contribution in [0.4, 0.5) is 0 Å². The molecule has 0 aliphatic carbocycles. The van der Waals surface area contributed by atoms with Gasteiger partial charge in [0.1, 0.15) is 0 Å². The maximum atomic E-state index is 5.32. The van der Waals surface area contributed by atoms with Crippen LogP contribution in [0.5, 0.6) is 11.8 Å². The zero-order chi connectivity index (χ0) is 11.4. The topological polar surface area (TPSA) is 70.0 Å². The van der Waals surface area contributed by atoms with Gasteiger partial charge >= 0.3 is 0 Å². The van der Waals surface area contributed by atoms with Gasteiger partial charge in [-0.1, -0.05) is 0 Å². The van der Waals surface area contributed by atoms with Crippen LogP contribution in [0.15, 0.2) is 12.4 Å². The minimum atomic E-state index is 0.383. The van der Waals surface area contributed by atoms with Gasteiger partial charge in [-0.05, 0) is 13.8 Å². The zero-order valence-electron chi connectivity index (χ0n) is 9.17. The lowest BCUT2D eigenvalue weighted by Gasteiger charge is -2.07. The van der Waals surface area contributed by atoms with Crippen molar-refractivity contribution in [2.45, 2.75) is 13.8 Å². The fourth-order valence-electron chi connectivity index (χ4n) is 1.30. The highest BCUT2D eigenvalue weighted by molar-refractivity contribution is 5.82.